The second-order valence-electron chi connectivity index (χ2n) is 6.18. The van der Waals surface area contributed by atoms with Gasteiger partial charge in [0.15, 0.2) is 0 Å². The molecule has 1 aliphatic heterocycles. The number of hydrogen-bond acceptors (Lipinski definition) is 6. The van der Waals surface area contributed by atoms with Gasteiger partial charge in [0.25, 0.3) is 0 Å². The highest BCUT2D eigenvalue weighted by Crippen LogP contribution is 2.23. The predicted molar refractivity (Wildman–Crippen MR) is 92.5 cm³/mol. The van der Waals surface area contributed by atoms with Crippen molar-refractivity contribution in [1.29, 1.82) is 5.26 Å². The van der Waals surface area contributed by atoms with Crippen LogP contribution in [0.15, 0.2) is 23.8 Å². The molecule has 0 spiro atoms. The van der Waals surface area contributed by atoms with Crippen molar-refractivity contribution in [1.82, 2.24) is 14.9 Å². The molecule has 1 aliphatic rings. The normalized spacial score (nSPS) is 17.7. The Morgan fingerprint density at radius 1 is 1.43 bits per heavy atom. The molecule has 1 unspecified atom stereocenters. The maximum Gasteiger partial charge on any atom is 0.128 e. The number of thiazole rings is 1. The van der Waals surface area contributed by atoms with Gasteiger partial charge in [0.1, 0.15) is 11.9 Å². The van der Waals surface area contributed by atoms with Gasteiger partial charge in [0.2, 0.25) is 0 Å². The van der Waals surface area contributed by atoms with Gasteiger partial charge in [-0.2, -0.15) is 5.26 Å². The second-order valence-corrected chi connectivity index (χ2v) is 7.11. The topological polar surface area (TPSA) is 56.1 Å². The molecule has 0 N–H and O–H groups in total. The summed E-state index contributed by atoms with van der Waals surface area (Å²) >= 11 is 1.74. The van der Waals surface area contributed by atoms with E-state index in [1.165, 1.54) is 11.3 Å². The largest absolute Gasteiger partial charge is 0.356 e. The van der Waals surface area contributed by atoms with E-state index in [1.807, 2.05) is 17.6 Å². The van der Waals surface area contributed by atoms with E-state index in [0.717, 1.165) is 37.7 Å². The maximum atomic E-state index is 8.85. The van der Waals surface area contributed by atoms with Crippen molar-refractivity contribution in [3.8, 4) is 6.07 Å². The lowest BCUT2D eigenvalue weighted by Crippen LogP contribution is -2.28. The average Bonchev–Trinajstić information content (AvgIpc) is 3.17. The molecule has 0 saturated carbocycles. The van der Waals surface area contributed by atoms with Crippen LogP contribution in [0, 0.1) is 24.2 Å². The zero-order valence-electron chi connectivity index (χ0n) is 13.6. The van der Waals surface area contributed by atoms with Gasteiger partial charge >= 0.3 is 0 Å². The van der Waals surface area contributed by atoms with Crippen molar-refractivity contribution >= 4 is 17.2 Å². The van der Waals surface area contributed by atoms with Crippen molar-refractivity contribution < 1.29 is 0 Å². The quantitative estimate of drug-likeness (QED) is 0.845. The summed E-state index contributed by atoms with van der Waals surface area (Å²) < 4.78 is 0. The molecule has 23 heavy (non-hydrogen) atoms. The summed E-state index contributed by atoms with van der Waals surface area (Å²) in [6.07, 6.45) is 2.84. The lowest BCUT2D eigenvalue weighted by Gasteiger charge is -2.21. The maximum absolute atomic E-state index is 8.85. The molecule has 0 aromatic carbocycles. The van der Waals surface area contributed by atoms with E-state index in [-0.39, 0.29) is 0 Å². The van der Waals surface area contributed by atoms with E-state index in [1.54, 1.807) is 17.5 Å². The minimum absolute atomic E-state index is 0.615. The molecule has 1 atom stereocenters. The molecule has 0 bridgehead atoms. The van der Waals surface area contributed by atoms with Gasteiger partial charge < -0.3 is 9.80 Å². The molecular formula is C17H21N5S. The summed E-state index contributed by atoms with van der Waals surface area (Å²) in [7, 11) is 2.18. The van der Waals surface area contributed by atoms with Crippen LogP contribution in [-0.2, 0) is 6.54 Å². The first-order valence-electron chi connectivity index (χ1n) is 7.84. The van der Waals surface area contributed by atoms with Crippen molar-refractivity contribution in [3.05, 3.63) is 40.0 Å². The smallest absolute Gasteiger partial charge is 0.128 e. The van der Waals surface area contributed by atoms with Gasteiger partial charge in [0.05, 0.1) is 16.8 Å². The number of nitrogens with zero attached hydrogens (tertiary/aromatic N) is 5. The Bertz CT molecular complexity index is 688. The number of aromatic nitrogens is 2. The Balaban J connectivity index is 1.53. The van der Waals surface area contributed by atoms with Gasteiger partial charge in [-0.15, -0.1) is 11.3 Å². The van der Waals surface area contributed by atoms with E-state index in [2.05, 4.69) is 39.8 Å². The molecule has 6 heteroatoms. The summed E-state index contributed by atoms with van der Waals surface area (Å²) in [5.41, 5.74) is 3.69. The lowest BCUT2D eigenvalue weighted by molar-refractivity contribution is 0.281. The van der Waals surface area contributed by atoms with E-state index in [4.69, 9.17) is 5.26 Å². The minimum atomic E-state index is 0.615. The van der Waals surface area contributed by atoms with Gasteiger partial charge in [-0.1, -0.05) is 0 Å². The fraction of sp³-hybridized carbons (Fsp3) is 0.471. The third kappa shape index (κ3) is 3.87. The zero-order chi connectivity index (χ0) is 16.2. The van der Waals surface area contributed by atoms with Crippen LogP contribution < -0.4 is 4.90 Å². The van der Waals surface area contributed by atoms with Crippen molar-refractivity contribution in [2.45, 2.75) is 19.9 Å². The standard InChI is InChI=1S/C17H21N5S/c1-13-16(23-12-20-13)11-21(2)9-15-5-6-22(10-15)17-4-3-14(7-18)8-19-17/h3-4,8,12,15H,5-6,9-11H2,1-2H3. The second kappa shape index (κ2) is 7.07. The molecule has 1 fully saturated rings. The minimum Gasteiger partial charge on any atom is -0.356 e. The Labute approximate surface area is 141 Å². The molecule has 2 aromatic heterocycles. The Morgan fingerprint density at radius 2 is 2.30 bits per heavy atom. The van der Waals surface area contributed by atoms with Crippen LogP contribution >= 0.6 is 11.3 Å². The Morgan fingerprint density at radius 3 is 2.96 bits per heavy atom. The number of hydrogen-bond donors (Lipinski definition) is 0. The molecular weight excluding hydrogens is 306 g/mol. The Kier molecular flexibility index (Phi) is 4.89. The third-order valence-corrected chi connectivity index (χ3v) is 5.23. The zero-order valence-corrected chi connectivity index (χ0v) is 14.4. The number of rotatable bonds is 5. The monoisotopic (exact) mass is 327 g/mol. The van der Waals surface area contributed by atoms with Crippen molar-refractivity contribution in [3.63, 3.8) is 0 Å². The van der Waals surface area contributed by atoms with E-state index in [9.17, 15) is 0 Å². The summed E-state index contributed by atoms with van der Waals surface area (Å²) in [6.45, 7) is 6.21. The summed E-state index contributed by atoms with van der Waals surface area (Å²) in [4.78, 5) is 14.8. The highest BCUT2D eigenvalue weighted by Gasteiger charge is 2.24. The van der Waals surface area contributed by atoms with E-state index < -0.39 is 0 Å². The van der Waals surface area contributed by atoms with Gasteiger partial charge in [-0.05, 0) is 38.4 Å². The van der Waals surface area contributed by atoms with Crippen LogP contribution in [0.2, 0.25) is 0 Å². The van der Waals surface area contributed by atoms with E-state index >= 15 is 0 Å². The molecule has 5 nitrogen and oxygen atoms in total. The van der Waals surface area contributed by atoms with Gasteiger partial charge in [0, 0.05) is 37.3 Å². The average molecular weight is 327 g/mol. The number of pyridine rings is 1. The van der Waals surface area contributed by atoms with Crippen LogP contribution in [0.5, 0.6) is 0 Å². The van der Waals surface area contributed by atoms with Crippen LogP contribution in [0.4, 0.5) is 5.82 Å². The van der Waals surface area contributed by atoms with Crippen LogP contribution in [0.3, 0.4) is 0 Å². The molecule has 2 aromatic rings. The first kappa shape index (κ1) is 15.9. The molecule has 0 radical (unpaired) electrons. The summed E-state index contributed by atoms with van der Waals surface area (Å²) in [5.74, 6) is 1.64. The Hall–Kier alpha value is -1.97. The summed E-state index contributed by atoms with van der Waals surface area (Å²) in [5, 5.41) is 8.85. The number of aryl methyl sites for hydroxylation is 1. The van der Waals surface area contributed by atoms with Crippen molar-refractivity contribution in [2.75, 3.05) is 31.6 Å². The highest BCUT2D eigenvalue weighted by atomic mass is 32.1. The fourth-order valence-electron chi connectivity index (χ4n) is 3.06. The number of anilines is 1. The molecule has 0 amide bonds. The van der Waals surface area contributed by atoms with E-state index in [0.29, 0.717) is 11.5 Å². The summed E-state index contributed by atoms with van der Waals surface area (Å²) in [6, 6.07) is 5.90. The molecule has 3 rings (SSSR count). The van der Waals surface area contributed by atoms with Gasteiger partial charge in [-0.25, -0.2) is 9.97 Å². The van der Waals surface area contributed by atoms with Crippen LogP contribution in [-0.4, -0.2) is 41.5 Å². The van der Waals surface area contributed by atoms with Crippen LogP contribution in [0.25, 0.3) is 0 Å². The van der Waals surface area contributed by atoms with Gasteiger partial charge in [-0.3, -0.25) is 0 Å². The molecule has 0 aliphatic carbocycles. The highest BCUT2D eigenvalue weighted by molar-refractivity contribution is 7.09. The fourth-order valence-corrected chi connectivity index (χ4v) is 3.91. The SMILES string of the molecule is Cc1ncsc1CN(C)CC1CCN(c2ccc(C#N)cn2)C1. The van der Waals surface area contributed by atoms with Crippen molar-refractivity contribution in [2.24, 2.45) is 5.92 Å². The third-order valence-electron chi connectivity index (χ3n) is 4.32. The lowest BCUT2D eigenvalue weighted by atomic mass is 10.1. The first-order chi connectivity index (χ1) is 11.2. The van der Waals surface area contributed by atoms with Crippen LogP contribution in [0.1, 0.15) is 22.6 Å². The molecule has 120 valence electrons. The predicted octanol–water partition coefficient (Wildman–Crippen LogP) is 2.68. The number of nitriles is 1. The first-order valence-corrected chi connectivity index (χ1v) is 8.72. The molecule has 1 saturated heterocycles. The molecule has 3 heterocycles.